The molecule has 0 saturated carbocycles. The largest absolute Gasteiger partial charge is 0.455 e. The van der Waals surface area contributed by atoms with Crippen molar-refractivity contribution in [3.63, 3.8) is 0 Å². The number of nitrogens with zero attached hydrogens (tertiary/aromatic N) is 3. The number of fused-ring (bicyclic) bond motifs is 24. The predicted molar refractivity (Wildman–Crippen MR) is 582 cm³/mol. The van der Waals surface area contributed by atoms with Gasteiger partial charge in [-0.05, 0) is 223 Å². The molecule has 0 fully saturated rings. The molecule has 141 heavy (non-hydrogen) atoms. The van der Waals surface area contributed by atoms with Crippen LogP contribution in [0.15, 0.2) is 518 Å². The van der Waals surface area contributed by atoms with Gasteiger partial charge in [-0.25, -0.2) is 0 Å². The molecule has 9 heterocycles. The van der Waals surface area contributed by atoms with Crippen LogP contribution < -0.4 is 0 Å². The third kappa shape index (κ3) is 13.4. The number of para-hydroxylation sites is 10. The van der Waals surface area contributed by atoms with Gasteiger partial charge in [0.1, 0.15) is 66.8 Å². The maximum atomic E-state index is 6.73. The fourth-order valence-electron chi connectivity index (χ4n) is 21.7. The second kappa shape index (κ2) is 33.0. The molecule has 0 atom stereocenters. The number of benzene rings is 21. The molecule has 0 spiro atoms. The summed E-state index contributed by atoms with van der Waals surface area (Å²) in [6.45, 7) is 0. The number of rotatable bonds is 12. The van der Waals surface area contributed by atoms with E-state index in [9.17, 15) is 0 Å². The lowest BCUT2D eigenvalue weighted by Gasteiger charge is -2.09. The monoisotopic (exact) mass is 1800 g/mol. The van der Waals surface area contributed by atoms with E-state index in [1.54, 1.807) is 0 Å². The van der Waals surface area contributed by atoms with E-state index in [1.807, 2.05) is 18.2 Å². The van der Waals surface area contributed by atoms with E-state index >= 15 is 0 Å². The van der Waals surface area contributed by atoms with Crippen LogP contribution in [0.5, 0.6) is 0 Å². The molecule has 0 bridgehead atoms. The third-order valence-corrected chi connectivity index (χ3v) is 28.2. The normalized spacial score (nSPS) is 11.8. The molecule has 0 N–H and O–H groups in total. The molecule has 660 valence electrons. The molecule has 0 aliphatic carbocycles. The van der Waals surface area contributed by atoms with Crippen molar-refractivity contribution in [1.29, 1.82) is 0 Å². The first-order valence-corrected chi connectivity index (χ1v) is 47.8. The minimum atomic E-state index is 0.877. The highest BCUT2D eigenvalue weighted by molar-refractivity contribution is 6.22. The molecule has 30 aromatic rings. The standard InChI is InChI=1S/3C44H27NO2/c1-3-12-28(13-4-1)34-20-10-21-37-41-33(19-11-23-39(41)46-43(34)37)31-15-9-14-29(26-31)30-24-25-36-40(27-30)47-44-35-18-7-8-22-38(35)45(42(36)44)32-16-5-2-6-17-32;1-3-12-28(13-4-1)33-19-10-21-35-36-22-11-20-34(43(36)47-42(33)35)31-15-9-14-29(26-31)30-24-25-40-38(27-30)41-44(46-40)37-18-7-8-23-39(37)45(41)32-16-5-2-6-17-32;1-3-11-28(12-4-1)30-22-24-40-38(26-30)35-19-10-18-34(43(35)46-40)32-14-9-13-29(25-32)31-21-23-37-41(27-31)47-44-36-17-7-8-20-39(36)45(42(37)44)33-15-5-2-6-16-33/h3*1-27H. The van der Waals surface area contributed by atoms with Gasteiger partial charge in [0.2, 0.25) is 0 Å². The number of hydrogen-bond donors (Lipinski definition) is 0. The molecule has 9 heteroatoms. The van der Waals surface area contributed by atoms with E-state index in [-0.39, 0.29) is 0 Å². The van der Waals surface area contributed by atoms with E-state index in [2.05, 4.69) is 487 Å². The first-order chi connectivity index (χ1) is 69.9. The van der Waals surface area contributed by atoms with Crippen LogP contribution in [0.1, 0.15) is 0 Å². The molecule has 0 radical (unpaired) electrons. The van der Waals surface area contributed by atoms with Gasteiger partial charge in [0, 0.05) is 104 Å². The highest BCUT2D eigenvalue weighted by atomic mass is 16.4. The van der Waals surface area contributed by atoms with E-state index < -0.39 is 0 Å². The van der Waals surface area contributed by atoms with Crippen LogP contribution >= 0.6 is 0 Å². The molecule has 9 aromatic heterocycles. The average Bonchev–Trinajstić information content (AvgIpc) is 1.57. The molecular formula is C132H81N3O6. The molecule has 9 nitrogen and oxygen atoms in total. The second-order valence-corrected chi connectivity index (χ2v) is 36.3. The average molecular weight is 1810 g/mol. The maximum absolute atomic E-state index is 6.73. The quantitative estimate of drug-likeness (QED) is 0.121. The summed E-state index contributed by atoms with van der Waals surface area (Å²) in [5.74, 6) is 0. The minimum Gasteiger partial charge on any atom is -0.455 e. The summed E-state index contributed by atoms with van der Waals surface area (Å²) in [5.41, 5.74) is 41.2. The van der Waals surface area contributed by atoms with Gasteiger partial charge in [-0.15, -0.1) is 0 Å². The van der Waals surface area contributed by atoms with Gasteiger partial charge < -0.3 is 40.2 Å². The van der Waals surface area contributed by atoms with Crippen molar-refractivity contribution in [1.82, 2.24) is 13.7 Å². The zero-order valence-electron chi connectivity index (χ0n) is 76.1. The Morgan fingerprint density at radius 2 is 0.404 bits per heavy atom. The molecule has 0 saturated heterocycles. The van der Waals surface area contributed by atoms with Crippen molar-refractivity contribution < 1.29 is 26.5 Å². The highest BCUT2D eigenvalue weighted by Gasteiger charge is 2.27. The number of aromatic nitrogens is 3. The second-order valence-electron chi connectivity index (χ2n) is 36.3. The van der Waals surface area contributed by atoms with Gasteiger partial charge in [0.05, 0.1) is 16.6 Å². The molecule has 0 unspecified atom stereocenters. The van der Waals surface area contributed by atoms with Gasteiger partial charge >= 0.3 is 0 Å². The lowest BCUT2D eigenvalue weighted by Crippen LogP contribution is -1.92. The lowest BCUT2D eigenvalue weighted by molar-refractivity contribution is 0.669. The molecule has 0 amide bonds. The molecule has 0 aliphatic heterocycles. The summed E-state index contributed by atoms with van der Waals surface area (Å²) < 4.78 is 46.6. The Bertz CT molecular complexity index is 10200. The molecular weight excluding hydrogens is 1720 g/mol. The van der Waals surface area contributed by atoms with Crippen LogP contribution in [-0.2, 0) is 0 Å². The summed E-state index contributed by atoms with van der Waals surface area (Å²) >= 11 is 0. The smallest absolute Gasteiger partial charge is 0.161 e. The van der Waals surface area contributed by atoms with Crippen molar-refractivity contribution in [2.75, 3.05) is 0 Å². The van der Waals surface area contributed by atoms with Crippen LogP contribution in [0, 0.1) is 0 Å². The summed E-state index contributed by atoms with van der Waals surface area (Å²) in [6.07, 6.45) is 0. The first-order valence-electron chi connectivity index (χ1n) is 47.8. The van der Waals surface area contributed by atoms with Gasteiger partial charge in [0.25, 0.3) is 0 Å². The number of furan rings is 6. The Kier molecular flexibility index (Phi) is 18.8. The Labute approximate surface area is 807 Å². The Morgan fingerprint density at radius 3 is 0.865 bits per heavy atom. The molecule has 30 rings (SSSR count). The van der Waals surface area contributed by atoms with Crippen LogP contribution in [0.2, 0.25) is 0 Å². The van der Waals surface area contributed by atoms with Crippen LogP contribution in [0.4, 0.5) is 0 Å². The van der Waals surface area contributed by atoms with E-state index in [0.29, 0.717) is 0 Å². The van der Waals surface area contributed by atoms with E-state index in [4.69, 9.17) is 26.5 Å². The first kappa shape index (κ1) is 80.5. The van der Waals surface area contributed by atoms with E-state index in [0.717, 1.165) is 271 Å². The topological polar surface area (TPSA) is 93.6 Å². The summed E-state index contributed by atoms with van der Waals surface area (Å²) in [6, 6.07) is 173. The molecule has 21 aromatic carbocycles. The fraction of sp³-hybridized carbons (Fsp3) is 0. The highest BCUT2D eigenvalue weighted by Crippen LogP contribution is 2.50. The summed E-state index contributed by atoms with van der Waals surface area (Å²) in [5, 5.41) is 13.4. The van der Waals surface area contributed by atoms with Gasteiger partial charge in [-0.1, -0.05) is 346 Å². The van der Waals surface area contributed by atoms with Gasteiger partial charge in [-0.2, -0.15) is 0 Å². The minimum absolute atomic E-state index is 0.877. The van der Waals surface area contributed by atoms with Crippen molar-refractivity contribution in [3.05, 3.63) is 491 Å². The third-order valence-electron chi connectivity index (χ3n) is 28.2. The van der Waals surface area contributed by atoms with Crippen LogP contribution in [0.3, 0.4) is 0 Å². The van der Waals surface area contributed by atoms with Crippen molar-refractivity contribution >= 4 is 165 Å². The van der Waals surface area contributed by atoms with Crippen molar-refractivity contribution in [3.8, 4) is 117 Å². The molecule has 0 aliphatic rings. The lowest BCUT2D eigenvalue weighted by atomic mass is 9.95. The maximum Gasteiger partial charge on any atom is 0.161 e. The zero-order chi connectivity index (χ0) is 92.7. The Hall–Kier alpha value is -19.0. The summed E-state index contributed by atoms with van der Waals surface area (Å²) in [4.78, 5) is 0. The van der Waals surface area contributed by atoms with Crippen molar-refractivity contribution in [2.45, 2.75) is 0 Å². The van der Waals surface area contributed by atoms with Crippen LogP contribution in [0.25, 0.3) is 282 Å². The van der Waals surface area contributed by atoms with Gasteiger partial charge in [0.15, 0.2) is 16.7 Å². The Morgan fingerprint density at radius 1 is 0.128 bits per heavy atom. The Balaban J connectivity index is 0.000000104. The fourth-order valence-corrected chi connectivity index (χ4v) is 21.7. The van der Waals surface area contributed by atoms with E-state index in [1.165, 1.54) is 11.1 Å². The van der Waals surface area contributed by atoms with Gasteiger partial charge in [-0.3, -0.25) is 0 Å². The SMILES string of the molecule is c1ccc(-c2ccc3oc4c(-c5cccc(-c6ccc7c(c6)oc6c8ccccc8n(-c8ccccc8)c76)c5)cccc4c3c2)cc1.c1ccc(-c2cccc3c2oc2c(-c4cccc(-c5ccc6oc7c8ccccc8n(-c8ccccc8)c7c6c5)c4)cccc23)cc1.c1ccc(-c2cccc3c2oc2cccc(-c4cccc(-c5ccc6c(c5)oc5c7ccccc7n(-c7ccccc7)c65)c4)c23)cc1. The van der Waals surface area contributed by atoms with Crippen molar-refractivity contribution in [2.24, 2.45) is 0 Å². The number of hydrogen-bond acceptors (Lipinski definition) is 6. The predicted octanol–water partition coefficient (Wildman–Crippen LogP) is 37.3. The van der Waals surface area contributed by atoms with Crippen LogP contribution in [-0.4, -0.2) is 13.7 Å². The summed E-state index contributed by atoms with van der Waals surface area (Å²) in [7, 11) is 0. The zero-order valence-corrected chi connectivity index (χ0v) is 76.1.